The molecule has 1 amide bonds. The molecule has 0 aliphatic carbocycles. The second-order valence-electron chi connectivity index (χ2n) is 6.54. The van der Waals surface area contributed by atoms with Gasteiger partial charge < -0.3 is 4.42 Å². The third-order valence-electron chi connectivity index (χ3n) is 4.49. The standard InChI is InChI=1S/C21H11F3N2O4S2/c22-21(23,24)16-7-2-1-6-15(16)17-9-8-14(30-17)11-18-19(27)25(20(31)32-18)12-4-3-5-13(10-12)26(28)29/h1-11H/b18-11-. The highest BCUT2D eigenvalue weighted by Crippen LogP contribution is 2.39. The zero-order chi connectivity index (χ0) is 23.0. The molecule has 0 atom stereocenters. The Bertz CT molecular complexity index is 1280. The maximum Gasteiger partial charge on any atom is 0.417 e. The molecule has 0 unspecified atom stereocenters. The Morgan fingerprint density at radius 1 is 1.09 bits per heavy atom. The Hall–Kier alpha value is -3.44. The predicted octanol–water partition coefficient (Wildman–Crippen LogP) is 6.28. The van der Waals surface area contributed by atoms with Gasteiger partial charge in [-0.25, -0.2) is 0 Å². The van der Waals surface area contributed by atoms with Crippen LogP contribution in [0.25, 0.3) is 17.4 Å². The summed E-state index contributed by atoms with van der Waals surface area (Å²) >= 11 is 6.20. The summed E-state index contributed by atoms with van der Waals surface area (Å²) in [6.07, 6.45) is -3.18. The molecular formula is C21H11F3N2O4S2. The Balaban J connectivity index is 1.64. The van der Waals surface area contributed by atoms with Crippen LogP contribution in [0.2, 0.25) is 0 Å². The second kappa shape index (κ2) is 8.24. The fraction of sp³-hybridized carbons (Fsp3) is 0.0476. The number of thiocarbonyl (C=S) groups is 1. The number of amides is 1. The van der Waals surface area contributed by atoms with E-state index in [4.69, 9.17) is 16.6 Å². The number of alkyl halides is 3. The first-order chi connectivity index (χ1) is 15.1. The van der Waals surface area contributed by atoms with Gasteiger partial charge in [0, 0.05) is 23.8 Å². The Morgan fingerprint density at radius 2 is 1.84 bits per heavy atom. The molecule has 4 rings (SSSR count). The number of halogens is 3. The third kappa shape index (κ3) is 4.16. The van der Waals surface area contributed by atoms with E-state index in [-0.39, 0.29) is 37.7 Å². The minimum Gasteiger partial charge on any atom is -0.457 e. The maximum absolute atomic E-state index is 13.3. The number of nitro benzene ring substituents is 1. The van der Waals surface area contributed by atoms with E-state index >= 15 is 0 Å². The lowest BCUT2D eigenvalue weighted by Crippen LogP contribution is -2.27. The van der Waals surface area contributed by atoms with Gasteiger partial charge in [-0.15, -0.1) is 0 Å². The van der Waals surface area contributed by atoms with Crippen molar-refractivity contribution in [3.8, 4) is 11.3 Å². The predicted molar refractivity (Wildman–Crippen MR) is 118 cm³/mol. The van der Waals surface area contributed by atoms with E-state index < -0.39 is 22.6 Å². The lowest BCUT2D eigenvalue weighted by molar-refractivity contribution is -0.384. The number of hydrogen-bond donors (Lipinski definition) is 0. The van der Waals surface area contributed by atoms with Gasteiger partial charge in [0.15, 0.2) is 4.32 Å². The summed E-state index contributed by atoms with van der Waals surface area (Å²) in [7, 11) is 0. The summed E-state index contributed by atoms with van der Waals surface area (Å²) < 4.78 is 45.6. The molecule has 2 heterocycles. The zero-order valence-corrected chi connectivity index (χ0v) is 17.5. The van der Waals surface area contributed by atoms with Crippen molar-refractivity contribution in [1.29, 1.82) is 0 Å². The average molecular weight is 476 g/mol. The van der Waals surface area contributed by atoms with Crippen LogP contribution in [0.4, 0.5) is 24.5 Å². The van der Waals surface area contributed by atoms with E-state index in [9.17, 15) is 28.1 Å². The molecule has 0 saturated carbocycles. The Kier molecular flexibility index (Phi) is 5.61. The van der Waals surface area contributed by atoms with Crippen molar-refractivity contribution in [1.82, 2.24) is 0 Å². The van der Waals surface area contributed by atoms with Crippen molar-refractivity contribution in [2.75, 3.05) is 4.90 Å². The van der Waals surface area contributed by atoms with Gasteiger partial charge in [0.1, 0.15) is 11.5 Å². The highest BCUT2D eigenvalue weighted by molar-refractivity contribution is 8.27. The molecule has 0 bridgehead atoms. The summed E-state index contributed by atoms with van der Waals surface area (Å²) in [5, 5.41) is 11.0. The van der Waals surface area contributed by atoms with Crippen LogP contribution in [0.15, 0.2) is 70.0 Å². The van der Waals surface area contributed by atoms with E-state index in [1.807, 2.05) is 0 Å². The van der Waals surface area contributed by atoms with Crippen molar-refractivity contribution in [3.63, 3.8) is 0 Å². The molecule has 1 aliphatic heterocycles. The smallest absolute Gasteiger partial charge is 0.417 e. The second-order valence-corrected chi connectivity index (χ2v) is 8.22. The van der Waals surface area contributed by atoms with E-state index in [0.29, 0.717) is 0 Å². The van der Waals surface area contributed by atoms with Crippen LogP contribution in [-0.2, 0) is 11.0 Å². The molecule has 1 aliphatic rings. The molecule has 162 valence electrons. The fourth-order valence-electron chi connectivity index (χ4n) is 3.09. The minimum atomic E-state index is -4.55. The number of benzene rings is 2. The minimum absolute atomic E-state index is 0.00154. The van der Waals surface area contributed by atoms with Crippen LogP contribution in [0.3, 0.4) is 0 Å². The molecule has 2 aromatic carbocycles. The molecule has 3 aromatic rings. The SMILES string of the molecule is O=C1/C(=C/c2ccc(-c3ccccc3C(F)(F)F)o2)SC(=S)N1c1cccc([N+](=O)[O-])c1. The van der Waals surface area contributed by atoms with Crippen molar-refractivity contribution in [2.45, 2.75) is 6.18 Å². The lowest BCUT2D eigenvalue weighted by Gasteiger charge is -2.13. The van der Waals surface area contributed by atoms with Gasteiger partial charge in [-0.2, -0.15) is 13.2 Å². The molecule has 1 fully saturated rings. The first kappa shape index (κ1) is 21.8. The van der Waals surface area contributed by atoms with E-state index in [1.165, 1.54) is 60.7 Å². The largest absolute Gasteiger partial charge is 0.457 e. The Labute approximate surface area is 188 Å². The summed E-state index contributed by atoms with van der Waals surface area (Å²) in [4.78, 5) is 24.6. The van der Waals surface area contributed by atoms with Crippen molar-refractivity contribution < 1.29 is 27.3 Å². The number of rotatable bonds is 4. The van der Waals surface area contributed by atoms with E-state index in [1.54, 1.807) is 0 Å². The normalized spacial score (nSPS) is 15.6. The number of anilines is 1. The molecule has 0 radical (unpaired) electrons. The monoisotopic (exact) mass is 476 g/mol. The first-order valence-electron chi connectivity index (χ1n) is 8.94. The average Bonchev–Trinajstić information content (AvgIpc) is 3.32. The number of nitrogens with zero attached hydrogens (tertiary/aromatic N) is 2. The zero-order valence-electron chi connectivity index (χ0n) is 15.8. The van der Waals surface area contributed by atoms with Crippen LogP contribution >= 0.6 is 24.0 Å². The van der Waals surface area contributed by atoms with Crippen LogP contribution < -0.4 is 4.90 Å². The third-order valence-corrected chi connectivity index (χ3v) is 5.79. The number of non-ortho nitro benzene ring substituents is 1. The quantitative estimate of drug-likeness (QED) is 0.191. The molecule has 32 heavy (non-hydrogen) atoms. The van der Waals surface area contributed by atoms with Gasteiger partial charge in [-0.3, -0.25) is 19.8 Å². The fourth-order valence-corrected chi connectivity index (χ4v) is 4.36. The van der Waals surface area contributed by atoms with Gasteiger partial charge in [-0.05, 0) is 24.3 Å². The number of hydrogen-bond acceptors (Lipinski definition) is 6. The number of carbonyl (C=O) groups excluding carboxylic acids is 1. The first-order valence-corrected chi connectivity index (χ1v) is 10.2. The highest BCUT2D eigenvalue weighted by atomic mass is 32.2. The topological polar surface area (TPSA) is 76.6 Å². The van der Waals surface area contributed by atoms with Crippen molar-refractivity contribution in [2.24, 2.45) is 0 Å². The van der Waals surface area contributed by atoms with Gasteiger partial charge in [-0.1, -0.05) is 48.2 Å². The summed E-state index contributed by atoms with van der Waals surface area (Å²) in [5.41, 5.74) is -0.912. The summed E-state index contributed by atoms with van der Waals surface area (Å²) in [6, 6.07) is 13.3. The number of thioether (sulfide) groups is 1. The number of furan rings is 1. The van der Waals surface area contributed by atoms with Crippen LogP contribution in [0.5, 0.6) is 0 Å². The van der Waals surface area contributed by atoms with Gasteiger partial charge in [0.05, 0.1) is 21.1 Å². The molecule has 11 heteroatoms. The molecular weight excluding hydrogens is 465 g/mol. The van der Waals surface area contributed by atoms with Crippen LogP contribution in [0, 0.1) is 10.1 Å². The van der Waals surface area contributed by atoms with E-state index in [2.05, 4.69) is 0 Å². The number of nitro groups is 1. The summed E-state index contributed by atoms with van der Waals surface area (Å²) in [5.74, 6) is -0.357. The molecule has 0 spiro atoms. The molecule has 1 aromatic heterocycles. The highest BCUT2D eigenvalue weighted by Gasteiger charge is 2.35. The van der Waals surface area contributed by atoms with Gasteiger partial charge >= 0.3 is 6.18 Å². The van der Waals surface area contributed by atoms with Crippen molar-refractivity contribution >= 4 is 51.7 Å². The van der Waals surface area contributed by atoms with E-state index in [0.717, 1.165) is 22.7 Å². The maximum atomic E-state index is 13.3. The Morgan fingerprint density at radius 3 is 2.56 bits per heavy atom. The van der Waals surface area contributed by atoms with Crippen LogP contribution in [0.1, 0.15) is 11.3 Å². The lowest BCUT2D eigenvalue weighted by atomic mass is 10.1. The van der Waals surface area contributed by atoms with Crippen LogP contribution in [-0.4, -0.2) is 15.2 Å². The van der Waals surface area contributed by atoms with Gasteiger partial charge in [0.2, 0.25) is 0 Å². The number of carbonyl (C=O) groups is 1. The molecule has 0 N–H and O–H groups in total. The van der Waals surface area contributed by atoms with Gasteiger partial charge in [0.25, 0.3) is 11.6 Å². The van der Waals surface area contributed by atoms with Crippen molar-refractivity contribution in [3.05, 3.63) is 87.0 Å². The molecule has 1 saturated heterocycles. The molecule has 6 nitrogen and oxygen atoms in total. The summed E-state index contributed by atoms with van der Waals surface area (Å²) in [6.45, 7) is 0.